The van der Waals surface area contributed by atoms with Gasteiger partial charge < -0.3 is 42.4 Å². The van der Waals surface area contributed by atoms with Crippen molar-refractivity contribution >= 4 is 53.2 Å². The van der Waals surface area contributed by atoms with Gasteiger partial charge in [0.05, 0.1) is 17.1 Å². The Balaban J connectivity index is 0.00000408. The number of aromatic nitrogens is 4. The summed E-state index contributed by atoms with van der Waals surface area (Å²) in [7, 11) is 0. The second-order valence-corrected chi connectivity index (χ2v) is 7.39. The molecule has 0 saturated heterocycles. The molecule has 0 radical (unpaired) electrons. The summed E-state index contributed by atoms with van der Waals surface area (Å²) in [6.45, 7) is 5.11. The number of aromatic amines is 3. The standard InChI is InChI=1S/C20H25N9O4.ClH/c1-8-11(21)6-24-14(8)18(31)27-12-7-25-15(9(12)2)19(32)29-16-10(3)26-17(28-16)20(33)23-5-4-13(22)30;/h6-7,24-25H,4-5,21H2,1-3H3,(H2,22,30)(H,23,33)(H,26,28)(H,27,31)(H,29,32);1H. The van der Waals surface area contributed by atoms with E-state index in [1.165, 1.54) is 12.4 Å². The maximum atomic E-state index is 12.8. The Hall–Kier alpha value is -4.26. The lowest BCUT2D eigenvalue weighted by molar-refractivity contribution is -0.117. The average Bonchev–Trinajstić information content (AvgIpc) is 3.40. The summed E-state index contributed by atoms with van der Waals surface area (Å²) >= 11 is 0. The molecule has 0 aromatic carbocycles. The highest BCUT2D eigenvalue weighted by atomic mass is 35.5. The van der Waals surface area contributed by atoms with E-state index in [1.54, 1.807) is 20.8 Å². The molecule has 4 amide bonds. The van der Waals surface area contributed by atoms with E-state index < -0.39 is 23.6 Å². The van der Waals surface area contributed by atoms with Crippen molar-refractivity contribution in [1.29, 1.82) is 0 Å². The molecule has 10 N–H and O–H groups in total. The molecule has 0 atom stereocenters. The highest BCUT2D eigenvalue weighted by Gasteiger charge is 2.21. The lowest BCUT2D eigenvalue weighted by Gasteiger charge is -2.06. The normalized spacial score (nSPS) is 10.3. The fourth-order valence-electron chi connectivity index (χ4n) is 3.04. The zero-order valence-corrected chi connectivity index (χ0v) is 19.5. The number of amides is 4. The van der Waals surface area contributed by atoms with Crippen LogP contribution in [0, 0.1) is 20.8 Å². The van der Waals surface area contributed by atoms with Crippen LogP contribution < -0.4 is 27.4 Å². The van der Waals surface area contributed by atoms with Crippen LogP contribution in [0.2, 0.25) is 0 Å². The number of nitrogens with two attached hydrogens (primary N) is 2. The molecule has 182 valence electrons. The van der Waals surface area contributed by atoms with Crippen molar-refractivity contribution in [2.45, 2.75) is 27.2 Å². The van der Waals surface area contributed by atoms with Gasteiger partial charge in [-0.2, -0.15) is 0 Å². The fraction of sp³-hybridized carbons (Fsp3) is 0.250. The van der Waals surface area contributed by atoms with Crippen molar-refractivity contribution in [2.24, 2.45) is 5.73 Å². The predicted octanol–water partition coefficient (Wildman–Crippen LogP) is 1.10. The average molecular weight is 492 g/mol. The van der Waals surface area contributed by atoms with Crippen molar-refractivity contribution in [2.75, 3.05) is 22.9 Å². The monoisotopic (exact) mass is 491 g/mol. The van der Waals surface area contributed by atoms with Crippen LogP contribution in [0.3, 0.4) is 0 Å². The van der Waals surface area contributed by atoms with E-state index in [9.17, 15) is 19.2 Å². The summed E-state index contributed by atoms with van der Waals surface area (Å²) in [6.07, 6.45) is 3.03. The maximum absolute atomic E-state index is 12.8. The highest BCUT2D eigenvalue weighted by Crippen LogP contribution is 2.22. The molecule has 3 aromatic heterocycles. The van der Waals surface area contributed by atoms with Gasteiger partial charge in [0.15, 0.2) is 11.6 Å². The molecule has 0 unspecified atom stereocenters. The van der Waals surface area contributed by atoms with Gasteiger partial charge in [-0.3, -0.25) is 19.2 Å². The van der Waals surface area contributed by atoms with E-state index in [2.05, 4.69) is 35.9 Å². The molecule has 3 heterocycles. The van der Waals surface area contributed by atoms with Gasteiger partial charge in [0, 0.05) is 36.5 Å². The van der Waals surface area contributed by atoms with Gasteiger partial charge in [-0.1, -0.05) is 0 Å². The number of nitrogen functional groups attached to an aromatic ring is 1. The summed E-state index contributed by atoms with van der Waals surface area (Å²) in [4.78, 5) is 60.7. The van der Waals surface area contributed by atoms with Crippen molar-refractivity contribution in [1.82, 2.24) is 25.3 Å². The molecule has 0 saturated carbocycles. The minimum Gasteiger partial charge on any atom is -0.397 e. The van der Waals surface area contributed by atoms with E-state index in [4.69, 9.17) is 11.5 Å². The van der Waals surface area contributed by atoms with E-state index in [1.807, 2.05) is 0 Å². The van der Waals surface area contributed by atoms with E-state index in [-0.39, 0.29) is 42.7 Å². The molecule has 34 heavy (non-hydrogen) atoms. The quantitative estimate of drug-likeness (QED) is 0.230. The van der Waals surface area contributed by atoms with Crippen molar-refractivity contribution in [3.05, 3.63) is 46.4 Å². The van der Waals surface area contributed by atoms with Gasteiger partial charge in [0.2, 0.25) is 5.91 Å². The first-order chi connectivity index (χ1) is 15.6. The molecule has 0 spiro atoms. The predicted molar refractivity (Wildman–Crippen MR) is 128 cm³/mol. The van der Waals surface area contributed by atoms with Crippen LogP contribution in [0.4, 0.5) is 17.2 Å². The number of imidazole rings is 1. The molecule has 0 fully saturated rings. The highest BCUT2D eigenvalue weighted by molar-refractivity contribution is 6.08. The molecular weight excluding hydrogens is 466 g/mol. The third-order valence-corrected chi connectivity index (χ3v) is 5.01. The lowest BCUT2D eigenvalue weighted by Crippen LogP contribution is -2.28. The number of anilines is 3. The number of halogens is 1. The Morgan fingerprint density at radius 1 is 0.941 bits per heavy atom. The second-order valence-electron chi connectivity index (χ2n) is 7.39. The van der Waals surface area contributed by atoms with Gasteiger partial charge >= 0.3 is 0 Å². The number of hydrogen-bond donors (Lipinski definition) is 8. The summed E-state index contributed by atoms with van der Waals surface area (Å²) in [5, 5.41) is 7.86. The third kappa shape index (κ3) is 5.56. The first-order valence-electron chi connectivity index (χ1n) is 9.95. The van der Waals surface area contributed by atoms with E-state index in [0.29, 0.717) is 33.9 Å². The van der Waals surface area contributed by atoms with Crippen molar-refractivity contribution < 1.29 is 19.2 Å². The number of nitrogens with zero attached hydrogens (tertiary/aromatic N) is 1. The Labute approximate surface area is 200 Å². The number of aryl methyl sites for hydroxylation is 1. The number of nitrogens with one attached hydrogen (secondary N) is 6. The molecule has 0 aliphatic carbocycles. The maximum Gasteiger partial charge on any atom is 0.287 e. The summed E-state index contributed by atoms with van der Waals surface area (Å²) in [6, 6.07) is 0. The molecule has 3 rings (SSSR count). The Morgan fingerprint density at radius 3 is 2.18 bits per heavy atom. The van der Waals surface area contributed by atoms with E-state index in [0.717, 1.165) is 0 Å². The smallest absolute Gasteiger partial charge is 0.287 e. The number of hydrogen-bond acceptors (Lipinski definition) is 6. The second kappa shape index (κ2) is 10.6. The number of rotatable bonds is 8. The van der Waals surface area contributed by atoms with Gasteiger partial charge in [-0.25, -0.2) is 4.98 Å². The Morgan fingerprint density at radius 2 is 1.56 bits per heavy atom. The number of H-pyrrole nitrogens is 3. The number of primary amides is 1. The molecule has 14 heteroatoms. The zero-order chi connectivity index (χ0) is 24.3. The summed E-state index contributed by atoms with van der Waals surface area (Å²) in [5.74, 6) is -1.85. The summed E-state index contributed by atoms with van der Waals surface area (Å²) in [5.41, 5.74) is 13.8. The fourth-order valence-corrected chi connectivity index (χ4v) is 3.04. The van der Waals surface area contributed by atoms with Crippen LogP contribution in [-0.2, 0) is 4.79 Å². The van der Waals surface area contributed by atoms with Crippen LogP contribution in [0.1, 0.15) is 54.8 Å². The van der Waals surface area contributed by atoms with Gasteiger partial charge in [0.25, 0.3) is 17.7 Å². The number of carbonyl (C=O) groups excluding carboxylic acids is 4. The van der Waals surface area contributed by atoms with Crippen LogP contribution in [-0.4, -0.2) is 50.1 Å². The first-order valence-corrected chi connectivity index (χ1v) is 9.95. The lowest BCUT2D eigenvalue weighted by atomic mass is 10.2. The van der Waals surface area contributed by atoms with Crippen LogP contribution in [0.25, 0.3) is 0 Å². The molecular formula is C20H26ClN9O4. The van der Waals surface area contributed by atoms with Gasteiger partial charge in [-0.05, 0) is 20.8 Å². The number of carbonyl (C=O) groups is 4. The molecule has 0 bridgehead atoms. The van der Waals surface area contributed by atoms with E-state index >= 15 is 0 Å². The summed E-state index contributed by atoms with van der Waals surface area (Å²) < 4.78 is 0. The van der Waals surface area contributed by atoms with Crippen LogP contribution in [0.5, 0.6) is 0 Å². The SMILES string of the molecule is Cc1[nH]c(C(=O)NCCC(N)=O)nc1NC(=O)c1[nH]cc(NC(=O)c2[nH]cc(N)c2C)c1C.Cl. The Bertz CT molecular complexity index is 1240. The van der Waals surface area contributed by atoms with Crippen LogP contribution in [0.15, 0.2) is 12.4 Å². The third-order valence-electron chi connectivity index (χ3n) is 5.01. The molecule has 3 aromatic rings. The molecule has 0 aliphatic rings. The molecule has 0 aliphatic heterocycles. The minimum absolute atomic E-state index is 0. The van der Waals surface area contributed by atoms with Crippen molar-refractivity contribution in [3.8, 4) is 0 Å². The zero-order valence-electron chi connectivity index (χ0n) is 18.7. The van der Waals surface area contributed by atoms with Gasteiger partial charge in [-0.15, -0.1) is 12.4 Å². The largest absolute Gasteiger partial charge is 0.397 e. The first kappa shape index (κ1) is 26.0. The minimum atomic E-state index is -0.541. The van der Waals surface area contributed by atoms with Gasteiger partial charge in [0.1, 0.15) is 11.4 Å². The molecule has 13 nitrogen and oxygen atoms in total. The van der Waals surface area contributed by atoms with Crippen molar-refractivity contribution in [3.63, 3.8) is 0 Å². The van der Waals surface area contributed by atoms with Crippen LogP contribution >= 0.6 is 12.4 Å². The topological polar surface area (TPSA) is 217 Å². The Kier molecular flexibility index (Phi) is 8.08.